The third kappa shape index (κ3) is 5.60. The lowest BCUT2D eigenvalue weighted by Gasteiger charge is -2.39. The van der Waals surface area contributed by atoms with E-state index in [1.165, 1.54) is 5.56 Å². The minimum absolute atomic E-state index is 0.0794. The summed E-state index contributed by atoms with van der Waals surface area (Å²) in [6, 6.07) is 3.92. The fourth-order valence-electron chi connectivity index (χ4n) is 3.15. The summed E-state index contributed by atoms with van der Waals surface area (Å²) in [5, 5.41) is 13.2. The van der Waals surface area contributed by atoms with Crippen molar-refractivity contribution in [1.82, 2.24) is 15.2 Å². The maximum atomic E-state index is 12.4. The second-order valence-corrected chi connectivity index (χ2v) is 6.53. The van der Waals surface area contributed by atoms with E-state index in [1.54, 1.807) is 24.3 Å². The molecule has 1 aromatic heterocycles. The molecule has 2 amide bonds. The molecule has 0 unspecified atom stereocenters. The van der Waals surface area contributed by atoms with Gasteiger partial charge in [-0.25, -0.2) is 0 Å². The van der Waals surface area contributed by atoms with Gasteiger partial charge in [0.2, 0.25) is 11.8 Å². The molecule has 0 bridgehead atoms. The standard InChI is InChI=1S/C18H27N3O3/c1-19-16(22)6-10-18(24)9-3-13-21(14-18)17(23)5-2-4-15-7-11-20-12-8-15/h7-8,11-12,24H,2-6,9-10,13-14H2,1H3,(H,19,22)/t18-/m1/s1. The van der Waals surface area contributed by atoms with Crippen LogP contribution in [0, 0.1) is 0 Å². The predicted molar refractivity (Wildman–Crippen MR) is 91.2 cm³/mol. The Balaban J connectivity index is 1.78. The van der Waals surface area contributed by atoms with Crippen LogP contribution in [0.4, 0.5) is 0 Å². The number of amides is 2. The second-order valence-electron chi connectivity index (χ2n) is 6.53. The number of aromatic nitrogens is 1. The zero-order valence-corrected chi connectivity index (χ0v) is 14.3. The summed E-state index contributed by atoms with van der Waals surface area (Å²) >= 11 is 0. The normalized spacial score (nSPS) is 20.7. The lowest BCUT2D eigenvalue weighted by molar-refractivity contribution is -0.139. The molecule has 0 aromatic carbocycles. The number of hydrogen-bond donors (Lipinski definition) is 2. The number of carbonyl (C=O) groups is 2. The summed E-state index contributed by atoms with van der Waals surface area (Å²) in [6.07, 6.45) is 7.74. The van der Waals surface area contributed by atoms with Gasteiger partial charge in [0.25, 0.3) is 0 Å². The van der Waals surface area contributed by atoms with Crippen molar-refractivity contribution in [3.05, 3.63) is 30.1 Å². The van der Waals surface area contributed by atoms with Crippen molar-refractivity contribution in [3.63, 3.8) is 0 Å². The predicted octanol–water partition coefficient (Wildman–Crippen LogP) is 1.28. The van der Waals surface area contributed by atoms with Crippen molar-refractivity contribution in [2.24, 2.45) is 0 Å². The molecule has 132 valence electrons. The third-order valence-electron chi connectivity index (χ3n) is 4.61. The van der Waals surface area contributed by atoms with Crippen LogP contribution in [-0.4, -0.2) is 52.5 Å². The topological polar surface area (TPSA) is 82.5 Å². The molecule has 2 heterocycles. The van der Waals surface area contributed by atoms with Gasteiger partial charge < -0.3 is 15.3 Å². The molecule has 1 fully saturated rings. The van der Waals surface area contributed by atoms with E-state index in [-0.39, 0.29) is 18.2 Å². The van der Waals surface area contributed by atoms with Gasteiger partial charge in [0.05, 0.1) is 5.60 Å². The molecule has 0 radical (unpaired) electrons. The van der Waals surface area contributed by atoms with E-state index < -0.39 is 5.60 Å². The van der Waals surface area contributed by atoms with E-state index in [9.17, 15) is 14.7 Å². The number of pyridine rings is 1. The highest BCUT2D eigenvalue weighted by Gasteiger charge is 2.35. The van der Waals surface area contributed by atoms with E-state index >= 15 is 0 Å². The van der Waals surface area contributed by atoms with Gasteiger partial charge in [-0.1, -0.05) is 0 Å². The maximum absolute atomic E-state index is 12.4. The van der Waals surface area contributed by atoms with Crippen molar-refractivity contribution in [3.8, 4) is 0 Å². The largest absolute Gasteiger partial charge is 0.388 e. The summed E-state index contributed by atoms with van der Waals surface area (Å²) in [5.74, 6) is 0.00588. The number of aliphatic hydroxyl groups is 1. The van der Waals surface area contributed by atoms with Crippen LogP contribution in [0.25, 0.3) is 0 Å². The van der Waals surface area contributed by atoms with Gasteiger partial charge in [0.15, 0.2) is 0 Å². The summed E-state index contributed by atoms with van der Waals surface area (Å²) in [7, 11) is 1.59. The number of aryl methyl sites for hydroxylation is 1. The van der Waals surface area contributed by atoms with Gasteiger partial charge >= 0.3 is 0 Å². The molecule has 6 nitrogen and oxygen atoms in total. The van der Waals surface area contributed by atoms with Crippen LogP contribution in [-0.2, 0) is 16.0 Å². The molecular formula is C18H27N3O3. The Morgan fingerprint density at radius 3 is 2.79 bits per heavy atom. The Morgan fingerprint density at radius 1 is 1.33 bits per heavy atom. The van der Waals surface area contributed by atoms with Crippen LogP contribution in [0.15, 0.2) is 24.5 Å². The quantitative estimate of drug-likeness (QED) is 0.787. The second kappa shape index (κ2) is 8.78. The average molecular weight is 333 g/mol. The number of nitrogens with zero attached hydrogens (tertiary/aromatic N) is 2. The molecule has 1 saturated heterocycles. The molecule has 1 atom stereocenters. The lowest BCUT2D eigenvalue weighted by atomic mass is 9.88. The van der Waals surface area contributed by atoms with Crippen LogP contribution < -0.4 is 5.32 Å². The number of rotatable bonds is 7. The number of piperidine rings is 1. The van der Waals surface area contributed by atoms with Crippen LogP contribution in [0.1, 0.15) is 44.1 Å². The molecule has 1 aromatic rings. The Morgan fingerprint density at radius 2 is 2.08 bits per heavy atom. The molecule has 6 heteroatoms. The van der Waals surface area contributed by atoms with Crippen LogP contribution in [0.5, 0.6) is 0 Å². The lowest BCUT2D eigenvalue weighted by Crippen LogP contribution is -2.50. The van der Waals surface area contributed by atoms with Gasteiger partial charge in [-0.15, -0.1) is 0 Å². The number of nitrogens with one attached hydrogen (secondary N) is 1. The Kier molecular flexibility index (Phi) is 6.73. The molecule has 0 aliphatic carbocycles. The first-order valence-electron chi connectivity index (χ1n) is 8.62. The third-order valence-corrected chi connectivity index (χ3v) is 4.61. The number of β-amino-alcohol motifs (C(OH)–C–C–N with tert-alkyl or cyclic N) is 1. The van der Waals surface area contributed by atoms with Crippen molar-refractivity contribution in [2.45, 2.75) is 50.5 Å². The van der Waals surface area contributed by atoms with Crippen LogP contribution in [0.3, 0.4) is 0 Å². The Hall–Kier alpha value is -1.95. The molecule has 1 aliphatic heterocycles. The summed E-state index contributed by atoms with van der Waals surface area (Å²) in [6.45, 7) is 1.02. The number of carbonyl (C=O) groups excluding carboxylic acids is 2. The highest BCUT2D eigenvalue weighted by Crippen LogP contribution is 2.26. The van der Waals surface area contributed by atoms with E-state index in [4.69, 9.17) is 0 Å². The van der Waals surface area contributed by atoms with Crippen molar-refractivity contribution >= 4 is 11.8 Å². The summed E-state index contributed by atoms with van der Waals surface area (Å²) in [4.78, 5) is 29.5. The Labute approximate surface area is 143 Å². The van der Waals surface area contributed by atoms with Crippen molar-refractivity contribution in [2.75, 3.05) is 20.1 Å². The zero-order valence-electron chi connectivity index (χ0n) is 14.3. The number of hydrogen-bond acceptors (Lipinski definition) is 4. The summed E-state index contributed by atoms with van der Waals surface area (Å²) in [5.41, 5.74) is 0.240. The fourth-order valence-corrected chi connectivity index (χ4v) is 3.15. The maximum Gasteiger partial charge on any atom is 0.222 e. The van der Waals surface area contributed by atoms with Gasteiger partial charge in [0.1, 0.15) is 0 Å². The fraction of sp³-hybridized carbons (Fsp3) is 0.611. The molecule has 0 saturated carbocycles. The zero-order chi connectivity index (χ0) is 17.4. The van der Waals surface area contributed by atoms with Crippen molar-refractivity contribution in [1.29, 1.82) is 0 Å². The molecular weight excluding hydrogens is 306 g/mol. The molecule has 1 aliphatic rings. The Bertz CT molecular complexity index is 550. The van der Waals surface area contributed by atoms with E-state index in [1.807, 2.05) is 12.1 Å². The van der Waals surface area contributed by atoms with Crippen LogP contribution >= 0.6 is 0 Å². The average Bonchev–Trinajstić information content (AvgIpc) is 2.60. The first kappa shape index (κ1) is 18.4. The van der Waals surface area contributed by atoms with Crippen molar-refractivity contribution < 1.29 is 14.7 Å². The minimum atomic E-state index is -0.939. The van der Waals surface area contributed by atoms with Gasteiger partial charge in [-0.3, -0.25) is 14.6 Å². The molecule has 2 rings (SSSR count). The van der Waals surface area contributed by atoms with Gasteiger partial charge in [-0.05, 0) is 49.8 Å². The van der Waals surface area contributed by atoms with E-state index in [0.29, 0.717) is 32.4 Å². The SMILES string of the molecule is CNC(=O)CC[C@]1(O)CCCN(C(=O)CCCc2ccncc2)C1. The smallest absolute Gasteiger partial charge is 0.222 e. The van der Waals surface area contributed by atoms with Gasteiger partial charge in [0, 0.05) is 45.4 Å². The molecule has 0 spiro atoms. The highest BCUT2D eigenvalue weighted by atomic mass is 16.3. The molecule has 2 N–H and O–H groups in total. The summed E-state index contributed by atoms with van der Waals surface area (Å²) < 4.78 is 0. The minimum Gasteiger partial charge on any atom is -0.388 e. The van der Waals surface area contributed by atoms with E-state index in [2.05, 4.69) is 10.3 Å². The first-order chi connectivity index (χ1) is 11.5. The molecule has 24 heavy (non-hydrogen) atoms. The monoisotopic (exact) mass is 333 g/mol. The number of likely N-dealkylation sites (tertiary alicyclic amines) is 1. The van der Waals surface area contributed by atoms with Crippen LogP contribution in [0.2, 0.25) is 0 Å². The van der Waals surface area contributed by atoms with Gasteiger partial charge in [-0.2, -0.15) is 0 Å². The highest BCUT2D eigenvalue weighted by molar-refractivity contribution is 5.77. The first-order valence-corrected chi connectivity index (χ1v) is 8.62. The van der Waals surface area contributed by atoms with E-state index in [0.717, 1.165) is 19.3 Å².